The fourth-order valence-electron chi connectivity index (χ4n) is 1.82. The summed E-state index contributed by atoms with van der Waals surface area (Å²) in [5.41, 5.74) is 2.26. The Balaban J connectivity index is 2.09. The van der Waals surface area contributed by atoms with Crippen LogP contribution in [-0.2, 0) is 6.54 Å². The molecule has 1 aromatic heterocycles. The summed E-state index contributed by atoms with van der Waals surface area (Å²) >= 11 is 3.35. The quantitative estimate of drug-likeness (QED) is 0.934. The molecule has 5 heteroatoms. The first-order valence-corrected chi connectivity index (χ1v) is 6.93. The van der Waals surface area contributed by atoms with E-state index in [1.807, 2.05) is 31.2 Å². The van der Waals surface area contributed by atoms with Crippen LogP contribution < -0.4 is 10.1 Å². The van der Waals surface area contributed by atoms with Crippen LogP contribution >= 0.6 is 15.9 Å². The van der Waals surface area contributed by atoms with Crippen LogP contribution in [0.15, 0.2) is 40.9 Å². The number of carbonyl (C=O) groups is 1. The number of carbonyl (C=O) groups excluding carboxylic acids is 1. The fraction of sp³-hybridized carbons (Fsp3) is 0.200. The normalized spacial score (nSPS) is 10.2. The lowest BCUT2D eigenvalue weighted by Crippen LogP contribution is -2.23. The van der Waals surface area contributed by atoms with Gasteiger partial charge in [0.2, 0.25) is 0 Å². The summed E-state index contributed by atoms with van der Waals surface area (Å²) in [5.74, 6) is 0.353. The second-order valence-corrected chi connectivity index (χ2v) is 5.21. The number of rotatable bonds is 4. The Bertz CT molecular complexity index is 629. The van der Waals surface area contributed by atoms with Gasteiger partial charge in [-0.3, -0.25) is 9.78 Å². The first-order valence-electron chi connectivity index (χ1n) is 6.14. The lowest BCUT2D eigenvalue weighted by atomic mass is 10.2. The number of nitrogens with zero attached hydrogens (tertiary/aromatic N) is 1. The van der Waals surface area contributed by atoms with Gasteiger partial charge in [-0.05, 0) is 37.3 Å². The summed E-state index contributed by atoms with van der Waals surface area (Å²) in [7, 11) is 1.54. The van der Waals surface area contributed by atoms with Crippen molar-refractivity contribution in [2.45, 2.75) is 13.5 Å². The van der Waals surface area contributed by atoms with E-state index in [9.17, 15) is 4.79 Å². The number of hydrogen-bond donors (Lipinski definition) is 1. The molecule has 0 spiro atoms. The van der Waals surface area contributed by atoms with Crippen molar-refractivity contribution < 1.29 is 9.53 Å². The standard InChI is InChI=1S/C15H15BrN2O2/c1-10-4-3-5-12(18-10)9-17-15(19)13-7-6-11(16)8-14(13)20-2/h3-8H,9H2,1-2H3,(H,17,19). The number of pyridine rings is 1. The second kappa shape index (κ2) is 6.52. The molecule has 0 aliphatic rings. The van der Waals surface area contributed by atoms with Gasteiger partial charge < -0.3 is 10.1 Å². The van der Waals surface area contributed by atoms with Crippen molar-refractivity contribution in [3.63, 3.8) is 0 Å². The summed E-state index contributed by atoms with van der Waals surface area (Å²) in [6.07, 6.45) is 0. The van der Waals surface area contributed by atoms with E-state index in [1.54, 1.807) is 19.2 Å². The molecule has 0 radical (unpaired) electrons. The van der Waals surface area contributed by atoms with Crippen molar-refractivity contribution in [2.24, 2.45) is 0 Å². The van der Waals surface area contributed by atoms with Gasteiger partial charge in [0.1, 0.15) is 5.75 Å². The van der Waals surface area contributed by atoms with Crippen molar-refractivity contribution in [1.82, 2.24) is 10.3 Å². The van der Waals surface area contributed by atoms with Crippen molar-refractivity contribution in [3.8, 4) is 5.75 Å². The number of aryl methyl sites for hydroxylation is 1. The van der Waals surface area contributed by atoms with Crippen molar-refractivity contribution in [3.05, 3.63) is 57.8 Å². The summed E-state index contributed by atoms with van der Waals surface area (Å²) < 4.78 is 6.08. The van der Waals surface area contributed by atoms with Gasteiger partial charge >= 0.3 is 0 Å². The molecule has 0 aliphatic carbocycles. The van der Waals surface area contributed by atoms with E-state index in [-0.39, 0.29) is 5.91 Å². The van der Waals surface area contributed by atoms with Gasteiger partial charge in [0.05, 0.1) is 24.9 Å². The Hall–Kier alpha value is -1.88. The lowest BCUT2D eigenvalue weighted by molar-refractivity contribution is 0.0947. The van der Waals surface area contributed by atoms with Gasteiger partial charge in [0.25, 0.3) is 5.91 Å². The number of benzene rings is 1. The number of aromatic nitrogens is 1. The molecule has 2 rings (SSSR count). The van der Waals surface area contributed by atoms with Gasteiger partial charge in [-0.1, -0.05) is 22.0 Å². The Morgan fingerprint density at radius 3 is 2.85 bits per heavy atom. The first-order chi connectivity index (χ1) is 9.60. The molecule has 1 aromatic carbocycles. The van der Waals surface area contributed by atoms with Crippen LogP contribution in [0.5, 0.6) is 5.75 Å². The van der Waals surface area contributed by atoms with E-state index >= 15 is 0 Å². The molecule has 1 N–H and O–H groups in total. The zero-order valence-electron chi connectivity index (χ0n) is 11.3. The van der Waals surface area contributed by atoms with E-state index < -0.39 is 0 Å². The van der Waals surface area contributed by atoms with Crippen LogP contribution in [0.4, 0.5) is 0 Å². The summed E-state index contributed by atoms with van der Waals surface area (Å²) in [6.45, 7) is 2.31. The average molecular weight is 335 g/mol. The lowest BCUT2D eigenvalue weighted by Gasteiger charge is -2.09. The van der Waals surface area contributed by atoms with Crippen LogP contribution in [0, 0.1) is 6.92 Å². The molecule has 0 aliphatic heterocycles. The van der Waals surface area contributed by atoms with E-state index in [0.29, 0.717) is 17.9 Å². The minimum absolute atomic E-state index is 0.183. The highest BCUT2D eigenvalue weighted by molar-refractivity contribution is 9.10. The minimum atomic E-state index is -0.183. The van der Waals surface area contributed by atoms with Crippen LogP contribution in [0.2, 0.25) is 0 Å². The highest BCUT2D eigenvalue weighted by Crippen LogP contribution is 2.23. The van der Waals surface area contributed by atoms with E-state index in [1.165, 1.54) is 0 Å². The topological polar surface area (TPSA) is 51.2 Å². The second-order valence-electron chi connectivity index (χ2n) is 4.30. The Kier molecular flexibility index (Phi) is 4.74. The van der Waals surface area contributed by atoms with Crippen molar-refractivity contribution in [2.75, 3.05) is 7.11 Å². The Morgan fingerprint density at radius 2 is 2.15 bits per heavy atom. The van der Waals surface area contributed by atoms with Crippen molar-refractivity contribution >= 4 is 21.8 Å². The average Bonchev–Trinajstić information content (AvgIpc) is 2.44. The number of ether oxygens (including phenoxy) is 1. The fourth-order valence-corrected chi connectivity index (χ4v) is 2.16. The molecule has 20 heavy (non-hydrogen) atoms. The van der Waals surface area contributed by atoms with Gasteiger partial charge in [-0.25, -0.2) is 0 Å². The molecule has 0 bridgehead atoms. The number of amides is 1. The molecule has 1 amide bonds. The molecule has 2 aromatic rings. The molecular weight excluding hydrogens is 320 g/mol. The molecule has 104 valence electrons. The summed E-state index contributed by atoms with van der Waals surface area (Å²) in [6, 6.07) is 11.0. The minimum Gasteiger partial charge on any atom is -0.496 e. The number of hydrogen-bond acceptors (Lipinski definition) is 3. The van der Waals surface area contributed by atoms with E-state index in [2.05, 4.69) is 26.2 Å². The molecular formula is C15H15BrN2O2. The molecule has 0 unspecified atom stereocenters. The third kappa shape index (κ3) is 3.57. The zero-order chi connectivity index (χ0) is 14.5. The van der Waals surface area contributed by atoms with Crippen LogP contribution in [0.1, 0.15) is 21.7 Å². The van der Waals surface area contributed by atoms with E-state index in [4.69, 9.17) is 4.74 Å². The maximum atomic E-state index is 12.2. The Labute approximate surface area is 126 Å². The Morgan fingerprint density at radius 1 is 1.35 bits per heavy atom. The first kappa shape index (κ1) is 14.5. The van der Waals surface area contributed by atoms with Gasteiger partial charge in [0, 0.05) is 10.2 Å². The highest BCUT2D eigenvalue weighted by atomic mass is 79.9. The molecule has 1 heterocycles. The highest BCUT2D eigenvalue weighted by Gasteiger charge is 2.12. The maximum Gasteiger partial charge on any atom is 0.255 e. The third-order valence-electron chi connectivity index (χ3n) is 2.78. The zero-order valence-corrected chi connectivity index (χ0v) is 12.9. The SMILES string of the molecule is COc1cc(Br)ccc1C(=O)NCc1cccc(C)n1. The van der Waals surface area contributed by atoms with Crippen LogP contribution in [0.25, 0.3) is 0 Å². The number of halogens is 1. The molecule has 0 fully saturated rings. The van der Waals surface area contributed by atoms with E-state index in [0.717, 1.165) is 15.9 Å². The van der Waals surface area contributed by atoms with Gasteiger partial charge in [0.15, 0.2) is 0 Å². The van der Waals surface area contributed by atoms with Gasteiger partial charge in [-0.2, -0.15) is 0 Å². The monoisotopic (exact) mass is 334 g/mol. The maximum absolute atomic E-state index is 12.2. The predicted octanol–water partition coefficient (Wildman–Crippen LogP) is 3.09. The van der Waals surface area contributed by atoms with Gasteiger partial charge in [-0.15, -0.1) is 0 Å². The molecule has 0 saturated carbocycles. The number of nitrogens with one attached hydrogen (secondary N) is 1. The third-order valence-corrected chi connectivity index (χ3v) is 3.28. The van der Waals surface area contributed by atoms with Crippen LogP contribution in [0.3, 0.4) is 0 Å². The van der Waals surface area contributed by atoms with Crippen molar-refractivity contribution in [1.29, 1.82) is 0 Å². The summed E-state index contributed by atoms with van der Waals surface area (Å²) in [5, 5.41) is 2.84. The molecule has 0 saturated heterocycles. The molecule has 0 atom stereocenters. The predicted molar refractivity (Wildman–Crippen MR) is 80.8 cm³/mol. The largest absolute Gasteiger partial charge is 0.496 e. The smallest absolute Gasteiger partial charge is 0.255 e. The van der Waals surface area contributed by atoms with Crippen LogP contribution in [-0.4, -0.2) is 18.0 Å². The number of methoxy groups -OCH3 is 1. The molecule has 4 nitrogen and oxygen atoms in total. The summed E-state index contributed by atoms with van der Waals surface area (Å²) in [4.78, 5) is 16.5.